The highest BCUT2D eigenvalue weighted by Crippen LogP contribution is 2.22. The normalized spacial score (nSPS) is 32.4. The summed E-state index contributed by atoms with van der Waals surface area (Å²) in [5.74, 6) is 0. The van der Waals surface area contributed by atoms with E-state index >= 15 is 0 Å². The summed E-state index contributed by atoms with van der Waals surface area (Å²) >= 11 is 0. The molecule has 4 atom stereocenters. The van der Waals surface area contributed by atoms with Crippen molar-refractivity contribution in [2.24, 2.45) is 0 Å². The summed E-state index contributed by atoms with van der Waals surface area (Å²) in [6, 6.07) is 9.57. The number of rotatable bonds is 4. The van der Waals surface area contributed by atoms with Crippen LogP contribution in [0.1, 0.15) is 12.0 Å². The highest BCUT2D eigenvalue weighted by Gasteiger charge is 2.37. The third-order valence-corrected chi connectivity index (χ3v) is 3.01. The molecular weight excluding hydrogens is 236 g/mol. The first-order chi connectivity index (χ1) is 8.70. The second kappa shape index (κ2) is 6.26. The van der Waals surface area contributed by atoms with Gasteiger partial charge in [0.15, 0.2) is 6.29 Å². The molecule has 2 rings (SSSR count). The van der Waals surface area contributed by atoms with Gasteiger partial charge in [0.05, 0.1) is 19.3 Å². The van der Waals surface area contributed by atoms with Gasteiger partial charge in [-0.1, -0.05) is 30.3 Å². The minimum absolute atomic E-state index is 0.199. The Morgan fingerprint density at radius 2 is 1.94 bits per heavy atom. The van der Waals surface area contributed by atoms with Crippen molar-refractivity contribution in [1.82, 2.24) is 0 Å². The zero-order valence-corrected chi connectivity index (χ0v) is 9.98. The van der Waals surface area contributed by atoms with E-state index in [1.54, 1.807) is 0 Å². The molecule has 0 saturated carbocycles. The van der Waals surface area contributed by atoms with E-state index in [0.717, 1.165) is 5.56 Å². The van der Waals surface area contributed by atoms with Gasteiger partial charge in [-0.3, -0.25) is 0 Å². The Labute approximate surface area is 106 Å². The van der Waals surface area contributed by atoms with Crippen LogP contribution < -0.4 is 0 Å². The third-order valence-electron chi connectivity index (χ3n) is 3.01. The molecule has 0 radical (unpaired) electrons. The van der Waals surface area contributed by atoms with Gasteiger partial charge in [0, 0.05) is 6.42 Å². The smallest absolute Gasteiger partial charge is 0.157 e. The second-order valence-electron chi connectivity index (χ2n) is 4.37. The van der Waals surface area contributed by atoms with Crippen molar-refractivity contribution in [1.29, 1.82) is 0 Å². The topological polar surface area (TPSA) is 79.2 Å². The maximum Gasteiger partial charge on any atom is 0.157 e. The zero-order valence-electron chi connectivity index (χ0n) is 9.98. The Morgan fingerprint density at radius 1 is 1.22 bits per heavy atom. The summed E-state index contributed by atoms with van der Waals surface area (Å²) in [6.07, 6.45) is -3.07. The number of aliphatic hydroxyl groups excluding tert-OH is 3. The Morgan fingerprint density at radius 3 is 2.61 bits per heavy atom. The van der Waals surface area contributed by atoms with Gasteiger partial charge in [-0.15, -0.1) is 0 Å². The number of hydrogen-bond donors (Lipinski definition) is 3. The first-order valence-electron chi connectivity index (χ1n) is 5.98. The van der Waals surface area contributed by atoms with E-state index in [0.29, 0.717) is 6.61 Å². The molecule has 1 saturated heterocycles. The zero-order chi connectivity index (χ0) is 13.0. The van der Waals surface area contributed by atoms with Crippen molar-refractivity contribution in [3.63, 3.8) is 0 Å². The van der Waals surface area contributed by atoms with Crippen molar-refractivity contribution < 1.29 is 24.8 Å². The molecule has 0 aromatic heterocycles. The van der Waals surface area contributed by atoms with Gasteiger partial charge in [0.1, 0.15) is 12.2 Å². The predicted molar refractivity (Wildman–Crippen MR) is 63.6 cm³/mol. The predicted octanol–water partition coefficient (Wildman–Crippen LogP) is 0.0323. The first kappa shape index (κ1) is 13.5. The van der Waals surface area contributed by atoms with Gasteiger partial charge in [-0.25, -0.2) is 0 Å². The van der Waals surface area contributed by atoms with Crippen LogP contribution in [0, 0.1) is 0 Å². The van der Waals surface area contributed by atoms with Crippen LogP contribution in [0.4, 0.5) is 0 Å². The van der Waals surface area contributed by atoms with E-state index in [9.17, 15) is 10.2 Å². The molecule has 0 spiro atoms. The van der Waals surface area contributed by atoms with Gasteiger partial charge in [-0.05, 0) is 5.56 Å². The molecular formula is C13H18O5. The number of ether oxygens (including phenoxy) is 2. The van der Waals surface area contributed by atoms with Gasteiger partial charge in [0.25, 0.3) is 0 Å². The van der Waals surface area contributed by atoms with E-state index in [-0.39, 0.29) is 13.0 Å². The lowest BCUT2D eigenvalue weighted by Crippen LogP contribution is -2.50. The molecule has 0 bridgehead atoms. The molecule has 100 valence electrons. The van der Waals surface area contributed by atoms with Gasteiger partial charge in [-0.2, -0.15) is 0 Å². The lowest BCUT2D eigenvalue weighted by Gasteiger charge is -2.36. The molecule has 1 heterocycles. The summed E-state index contributed by atoms with van der Waals surface area (Å²) in [6.45, 7) is 0.0108. The molecule has 1 aromatic rings. The van der Waals surface area contributed by atoms with Crippen LogP contribution in [-0.4, -0.2) is 46.5 Å². The molecule has 1 fully saturated rings. The molecule has 1 aliphatic rings. The molecule has 5 heteroatoms. The summed E-state index contributed by atoms with van der Waals surface area (Å²) in [4.78, 5) is 0. The number of benzene rings is 1. The molecule has 0 unspecified atom stereocenters. The SMILES string of the molecule is OC[C@H]1O[C@H](O)C[C@H](OCc2ccccc2)[C@@H]1O. The maximum absolute atomic E-state index is 9.90. The van der Waals surface area contributed by atoms with Crippen LogP contribution in [-0.2, 0) is 16.1 Å². The summed E-state index contributed by atoms with van der Waals surface area (Å²) in [7, 11) is 0. The van der Waals surface area contributed by atoms with Crippen molar-refractivity contribution in [2.75, 3.05) is 6.61 Å². The monoisotopic (exact) mass is 254 g/mol. The van der Waals surface area contributed by atoms with Crippen molar-refractivity contribution in [3.05, 3.63) is 35.9 Å². The van der Waals surface area contributed by atoms with E-state index in [2.05, 4.69) is 0 Å². The van der Waals surface area contributed by atoms with Gasteiger partial charge in [0.2, 0.25) is 0 Å². The number of hydrogen-bond acceptors (Lipinski definition) is 5. The third kappa shape index (κ3) is 3.28. The molecule has 1 aliphatic heterocycles. The summed E-state index contributed by atoms with van der Waals surface area (Å²) in [5.41, 5.74) is 0.992. The Balaban J connectivity index is 1.91. The largest absolute Gasteiger partial charge is 0.394 e. The van der Waals surface area contributed by atoms with E-state index < -0.39 is 24.6 Å². The quantitative estimate of drug-likeness (QED) is 0.706. The van der Waals surface area contributed by atoms with Crippen molar-refractivity contribution in [2.45, 2.75) is 37.6 Å². The second-order valence-corrected chi connectivity index (χ2v) is 4.37. The fourth-order valence-corrected chi connectivity index (χ4v) is 2.01. The molecule has 5 nitrogen and oxygen atoms in total. The average molecular weight is 254 g/mol. The lowest BCUT2D eigenvalue weighted by molar-refractivity contribution is -0.249. The molecule has 18 heavy (non-hydrogen) atoms. The van der Waals surface area contributed by atoms with Crippen molar-refractivity contribution in [3.8, 4) is 0 Å². The Bertz CT molecular complexity index is 356. The minimum Gasteiger partial charge on any atom is -0.394 e. The van der Waals surface area contributed by atoms with Crippen LogP contribution in [0.3, 0.4) is 0 Å². The molecule has 3 N–H and O–H groups in total. The van der Waals surface area contributed by atoms with Gasteiger partial charge < -0.3 is 24.8 Å². The van der Waals surface area contributed by atoms with E-state index in [4.69, 9.17) is 14.6 Å². The average Bonchev–Trinajstić information content (AvgIpc) is 2.40. The van der Waals surface area contributed by atoms with E-state index in [1.807, 2.05) is 30.3 Å². The van der Waals surface area contributed by atoms with Gasteiger partial charge >= 0.3 is 0 Å². The highest BCUT2D eigenvalue weighted by atomic mass is 16.6. The fraction of sp³-hybridized carbons (Fsp3) is 0.538. The van der Waals surface area contributed by atoms with Crippen LogP contribution in [0.15, 0.2) is 30.3 Å². The molecule has 1 aromatic carbocycles. The summed E-state index contributed by atoms with van der Waals surface area (Å²) < 4.78 is 10.6. The van der Waals surface area contributed by atoms with Crippen LogP contribution in [0.5, 0.6) is 0 Å². The first-order valence-corrected chi connectivity index (χ1v) is 5.98. The highest BCUT2D eigenvalue weighted by molar-refractivity contribution is 5.13. The lowest BCUT2D eigenvalue weighted by atomic mass is 10.0. The minimum atomic E-state index is -1.01. The Hall–Kier alpha value is -0.980. The fourth-order valence-electron chi connectivity index (χ4n) is 2.01. The van der Waals surface area contributed by atoms with Crippen LogP contribution in [0.2, 0.25) is 0 Å². The molecule has 0 amide bonds. The van der Waals surface area contributed by atoms with Crippen molar-refractivity contribution >= 4 is 0 Å². The number of aliphatic hydroxyl groups is 3. The summed E-state index contributed by atoms with van der Waals surface area (Å²) in [5, 5.41) is 28.4. The van der Waals surface area contributed by atoms with E-state index in [1.165, 1.54) is 0 Å². The standard InChI is InChI=1S/C13H18O5/c14-7-11-13(16)10(6-12(15)18-11)17-8-9-4-2-1-3-5-9/h1-5,10-16H,6-8H2/t10-,11+,12-,13-/m0/s1. The van der Waals surface area contributed by atoms with Crippen LogP contribution >= 0.6 is 0 Å². The Kier molecular flexibility index (Phi) is 4.68. The maximum atomic E-state index is 9.90. The molecule has 0 aliphatic carbocycles. The van der Waals surface area contributed by atoms with Crippen LogP contribution in [0.25, 0.3) is 0 Å².